The van der Waals surface area contributed by atoms with Gasteiger partial charge in [0.15, 0.2) is 0 Å². The summed E-state index contributed by atoms with van der Waals surface area (Å²) in [5.41, 5.74) is 1.13. The van der Waals surface area contributed by atoms with Crippen molar-refractivity contribution in [3.05, 3.63) is 42.1 Å². The molecule has 0 saturated carbocycles. The van der Waals surface area contributed by atoms with Crippen molar-refractivity contribution in [3.63, 3.8) is 0 Å². The second-order valence-electron chi connectivity index (χ2n) is 4.60. The Morgan fingerprint density at radius 1 is 1.32 bits per heavy atom. The van der Waals surface area contributed by atoms with Gasteiger partial charge in [-0.2, -0.15) is 5.10 Å². The highest BCUT2D eigenvalue weighted by Crippen LogP contribution is 2.19. The molecule has 1 N–H and O–H groups in total. The number of anilines is 1. The molecule has 0 bridgehead atoms. The maximum Gasteiger partial charge on any atom is 0.148 e. The SMILES string of the molecule is CC[C@H](C)n1ccc(NCc2ccccc2OC)n1. The highest BCUT2D eigenvalue weighted by Gasteiger charge is 2.05. The minimum atomic E-state index is 0.432. The average Bonchev–Trinajstić information content (AvgIpc) is 2.93. The molecule has 0 fully saturated rings. The summed E-state index contributed by atoms with van der Waals surface area (Å²) in [6, 6.07) is 10.4. The maximum absolute atomic E-state index is 5.33. The highest BCUT2D eigenvalue weighted by atomic mass is 16.5. The lowest BCUT2D eigenvalue weighted by Gasteiger charge is -2.10. The Bertz CT molecular complexity index is 522. The van der Waals surface area contributed by atoms with Crippen molar-refractivity contribution in [1.29, 1.82) is 0 Å². The van der Waals surface area contributed by atoms with E-state index in [9.17, 15) is 0 Å². The molecule has 0 spiro atoms. The van der Waals surface area contributed by atoms with E-state index in [0.29, 0.717) is 12.6 Å². The second-order valence-corrected chi connectivity index (χ2v) is 4.60. The van der Waals surface area contributed by atoms with Crippen LogP contribution in [-0.4, -0.2) is 16.9 Å². The Balaban J connectivity index is 2.00. The molecular formula is C15H21N3O. The van der Waals surface area contributed by atoms with Gasteiger partial charge in [0.25, 0.3) is 0 Å². The molecule has 0 radical (unpaired) electrons. The fourth-order valence-electron chi connectivity index (χ4n) is 1.90. The molecule has 0 aliphatic rings. The zero-order valence-electron chi connectivity index (χ0n) is 11.8. The first-order valence-electron chi connectivity index (χ1n) is 6.65. The summed E-state index contributed by atoms with van der Waals surface area (Å²) in [6.07, 6.45) is 3.09. The molecular weight excluding hydrogens is 238 g/mol. The molecule has 102 valence electrons. The van der Waals surface area contributed by atoms with Crippen molar-refractivity contribution >= 4 is 5.82 Å². The van der Waals surface area contributed by atoms with Gasteiger partial charge >= 0.3 is 0 Å². The van der Waals surface area contributed by atoms with E-state index >= 15 is 0 Å². The third-order valence-electron chi connectivity index (χ3n) is 3.30. The van der Waals surface area contributed by atoms with E-state index in [1.165, 1.54) is 0 Å². The molecule has 2 rings (SSSR count). The number of benzene rings is 1. The first-order chi connectivity index (χ1) is 9.24. The molecule has 0 aliphatic heterocycles. The van der Waals surface area contributed by atoms with Crippen LogP contribution in [0.2, 0.25) is 0 Å². The number of aromatic nitrogens is 2. The van der Waals surface area contributed by atoms with Crippen LogP contribution in [0.1, 0.15) is 31.9 Å². The van der Waals surface area contributed by atoms with E-state index in [-0.39, 0.29) is 0 Å². The van der Waals surface area contributed by atoms with E-state index in [1.807, 2.05) is 35.1 Å². The van der Waals surface area contributed by atoms with Crippen LogP contribution in [0.15, 0.2) is 36.5 Å². The third kappa shape index (κ3) is 3.28. The van der Waals surface area contributed by atoms with Gasteiger partial charge in [-0.05, 0) is 19.4 Å². The summed E-state index contributed by atoms with van der Waals surface area (Å²) in [5.74, 6) is 1.79. The van der Waals surface area contributed by atoms with Crippen LogP contribution in [0.25, 0.3) is 0 Å². The van der Waals surface area contributed by atoms with Crippen LogP contribution in [0, 0.1) is 0 Å². The molecule has 0 amide bonds. The molecule has 0 saturated heterocycles. The number of methoxy groups -OCH3 is 1. The smallest absolute Gasteiger partial charge is 0.148 e. The number of nitrogens with one attached hydrogen (secondary N) is 1. The lowest BCUT2D eigenvalue weighted by Crippen LogP contribution is -2.06. The third-order valence-corrected chi connectivity index (χ3v) is 3.30. The molecule has 1 atom stereocenters. The first kappa shape index (κ1) is 13.5. The number of rotatable bonds is 6. The molecule has 4 nitrogen and oxygen atoms in total. The van der Waals surface area contributed by atoms with Gasteiger partial charge in [-0.25, -0.2) is 0 Å². The van der Waals surface area contributed by atoms with E-state index < -0.39 is 0 Å². The molecule has 19 heavy (non-hydrogen) atoms. The number of para-hydroxylation sites is 1. The Labute approximate surface area is 114 Å². The molecule has 1 heterocycles. The monoisotopic (exact) mass is 259 g/mol. The lowest BCUT2D eigenvalue weighted by atomic mass is 10.2. The molecule has 1 aromatic heterocycles. The van der Waals surface area contributed by atoms with Crippen molar-refractivity contribution < 1.29 is 4.74 Å². The summed E-state index contributed by atoms with van der Waals surface area (Å²) in [7, 11) is 1.69. The zero-order chi connectivity index (χ0) is 13.7. The Kier molecular flexibility index (Phi) is 4.44. The van der Waals surface area contributed by atoms with Crippen LogP contribution < -0.4 is 10.1 Å². The quantitative estimate of drug-likeness (QED) is 0.863. The largest absolute Gasteiger partial charge is 0.496 e. The summed E-state index contributed by atoms with van der Waals surface area (Å²) >= 11 is 0. The normalized spacial score (nSPS) is 12.2. The van der Waals surface area contributed by atoms with E-state index in [2.05, 4.69) is 30.3 Å². The van der Waals surface area contributed by atoms with Crippen molar-refractivity contribution in [2.45, 2.75) is 32.9 Å². The van der Waals surface area contributed by atoms with Crippen molar-refractivity contribution in [1.82, 2.24) is 9.78 Å². The second kappa shape index (κ2) is 6.27. The lowest BCUT2D eigenvalue weighted by molar-refractivity contribution is 0.410. The fourth-order valence-corrected chi connectivity index (χ4v) is 1.90. The Morgan fingerprint density at radius 2 is 2.11 bits per heavy atom. The first-order valence-corrected chi connectivity index (χ1v) is 6.65. The highest BCUT2D eigenvalue weighted by molar-refractivity contribution is 5.39. The van der Waals surface area contributed by atoms with Crippen molar-refractivity contribution in [2.75, 3.05) is 12.4 Å². The van der Waals surface area contributed by atoms with Gasteiger partial charge in [0.2, 0.25) is 0 Å². The van der Waals surface area contributed by atoms with Crippen LogP contribution in [0.5, 0.6) is 5.75 Å². The minimum Gasteiger partial charge on any atom is -0.496 e. The van der Waals surface area contributed by atoms with Crippen molar-refractivity contribution in [3.8, 4) is 5.75 Å². The van der Waals surface area contributed by atoms with Gasteiger partial charge in [-0.15, -0.1) is 0 Å². The maximum atomic E-state index is 5.33. The van der Waals surface area contributed by atoms with Crippen LogP contribution >= 0.6 is 0 Å². The minimum absolute atomic E-state index is 0.432. The van der Waals surface area contributed by atoms with E-state index in [0.717, 1.165) is 23.6 Å². The standard InChI is InChI=1S/C15H21N3O/c1-4-12(2)18-10-9-15(17-18)16-11-13-7-5-6-8-14(13)19-3/h5-10,12H,4,11H2,1-3H3,(H,16,17)/t12-/m0/s1. The van der Waals surface area contributed by atoms with Gasteiger partial charge in [-0.1, -0.05) is 25.1 Å². The number of hydrogen-bond acceptors (Lipinski definition) is 3. The number of ether oxygens (including phenoxy) is 1. The fraction of sp³-hybridized carbons (Fsp3) is 0.400. The van der Waals surface area contributed by atoms with E-state index in [1.54, 1.807) is 7.11 Å². The molecule has 0 unspecified atom stereocenters. The van der Waals surface area contributed by atoms with Gasteiger partial charge < -0.3 is 10.1 Å². The molecule has 2 aromatic rings. The number of hydrogen-bond donors (Lipinski definition) is 1. The number of nitrogens with zero attached hydrogens (tertiary/aromatic N) is 2. The average molecular weight is 259 g/mol. The van der Waals surface area contributed by atoms with Crippen LogP contribution in [0.3, 0.4) is 0 Å². The van der Waals surface area contributed by atoms with Gasteiger partial charge in [0.1, 0.15) is 11.6 Å². The van der Waals surface area contributed by atoms with Gasteiger partial charge in [-0.3, -0.25) is 4.68 Å². The van der Waals surface area contributed by atoms with E-state index in [4.69, 9.17) is 4.74 Å². The predicted molar refractivity (Wildman–Crippen MR) is 77.5 cm³/mol. The van der Waals surface area contributed by atoms with Crippen molar-refractivity contribution in [2.24, 2.45) is 0 Å². The van der Waals surface area contributed by atoms with Crippen LogP contribution in [0.4, 0.5) is 5.82 Å². The predicted octanol–water partition coefficient (Wildman–Crippen LogP) is 3.47. The summed E-state index contributed by atoms with van der Waals surface area (Å²) in [5, 5.41) is 7.84. The topological polar surface area (TPSA) is 39.1 Å². The van der Waals surface area contributed by atoms with Crippen LogP contribution in [-0.2, 0) is 6.54 Å². The molecule has 0 aliphatic carbocycles. The van der Waals surface area contributed by atoms with Gasteiger partial charge in [0.05, 0.1) is 7.11 Å². The Morgan fingerprint density at radius 3 is 2.84 bits per heavy atom. The summed E-state index contributed by atoms with van der Waals surface area (Å²) in [6.45, 7) is 5.03. The molecule has 4 heteroatoms. The molecule has 1 aromatic carbocycles. The van der Waals surface area contributed by atoms with Gasteiger partial charge in [0, 0.05) is 30.4 Å². The zero-order valence-corrected chi connectivity index (χ0v) is 11.8. The summed E-state index contributed by atoms with van der Waals surface area (Å²) in [4.78, 5) is 0. The Hall–Kier alpha value is -1.97. The summed E-state index contributed by atoms with van der Waals surface area (Å²) < 4.78 is 7.32.